The third-order valence-electron chi connectivity index (χ3n) is 4.71. The van der Waals surface area contributed by atoms with E-state index in [2.05, 4.69) is 22.3 Å². The topological polar surface area (TPSA) is 101 Å². The number of carbonyl (C=O) groups excluding carboxylic acids is 2. The minimum Gasteiger partial charge on any atom is -0.369 e. The first-order valence-corrected chi connectivity index (χ1v) is 9.12. The van der Waals surface area contributed by atoms with Crippen LogP contribution in [0.2, 0.25) is 0 Å². The average Bonchev–Trinajstić information content (AvgIpc) is 2.60. The third kappa shape index (κ3) is 6.14. The second-order valence-electron chi connectivity index (χ2n) is 6.91. The van der Waals surface area contributed by atoms with Crippen LogP contribution in [0.5, 0.6) is 0 Å². The van der Waals surface area contributed by atoms with Gasteiger partial charge in [0.15, 0.2) is 0 Å². The van der Waals surface area contributed by atoms with E-state index in [1.165, 1.54) is 5.56 Å². The highest BCUT2D eigenvalue weighted by atomic mass is 16.2. The molecule has 0 aromatic heterocycles. The molecule has 2 unspecified atom stereocenters. The summed E-state index contributed by atoms with van der Waals surface area (Å²) in [5.74, 6) is -0.353. The van der Waals surface area contributed by atoms with E-state index in [9.17, 15) is 9.59 Å². The molecule has 1 heterocycles. The van der Waals surface area contributed by atoms with Crippen molar-refractivity contribution in [1.82, 2.24) is 10.2 Å². The molecule has 1 fully saturated rings. The summed E-state index contributed by atoms with van der Waals surface area (Å²) in [4.78, 5) is 25.6. The van der Waals surface area contributed by atoms with E-state index in [1.54, 1.807) is 0 Å². The number of nitrogens with zero attached hydrogens (tertiary/aromatic N) is 1. The molecule has 25 heavy (non-hydrogen) atoms. The second-order valence-corrected chi connectivity index (χ2v) is 6.91. The van der Waals surface area contributed by atoms with Crippen LogP contribution in [-0.4, -0.2) is 35.8 Å². The molecule has 0 radical (unpaired) electrons. The van der Waals surface area contributed by atoms with Gasteiger partial charge in [0.25, 0.3) is 0 Å². The fourth-order valence-electron chi connectivity index (χ4n) is 3.29. The molecule has 138 valence electrons. The number of benzene rings is 1. The molecular formula is C19H30N4O2. The van der Waals surface area contributed by atoms with Crippen molar-refractivity contribution in [3.05, 3.63) is 35.4 Å². The lowest BCUT2D eigenvalue weighted by Crippen LogP contribution is -2.40. The number of likely N-dealkylation sites (tertiary alicyclic amines) is 1. The first-order chi connectivity index (χ1) is 12.0. The van der Waals surface area contributed by atoms with E-state index in [0.29, 0.717) is 13.0 Å². The summed E-state index contributed by atoms with van der Waals surface area (Å²) < 4.78 is 0. The van der Waals surface area contributed by atoms with Gasteiger partial charge in [-0.3, -0.25) is 14.5 Å². The first kappa shape index (κ1) is 19.4. The van der Waals surface area contributed by atoms with Crippen molar-refractivity contribution in [2.45, 2.75) is 51.7 Å². The van der Waals surface area contributed by atoms with Crippen LogP contribution in [0.3, 0.4) is 0 Å². The van der Waals surface area contributed by atoms with Gasteiger partial charge in [-0.15, -0.1) is 0 Å². The molecule has 1 aromatic rings. The molecule has 1 saturated heterocycles. The first-order valence-electron chi connectivity index (χ1n) is 9.12. The average molecular weight is 346 g/mol. The van der Waals surface area contributed by atoms with E-state index in [1.807, 2.05) is 19.1 Å². The molecule has 1 aliphatic heterocycles. The minimum atomic E-state index is -0.438. The molecule has 1 aliphatic rings. The zero-order chi connectivity index (χ0) is 18.2. The molecule has 5 N–H and O–H groups in total. The molecule has 0 aliphatic carbocycles. The van der Waals surface area contributed by atoms with Gasteiger partial charge in [-0.1, -0.05) is 37.6 Å². The maximum absolute atomic E-state index is 11.9. The minimum absolute atomic E-state index is 0.0451. The van der Waals surface area contributed by atoms with Gasteiger partial charge in [0, 0.05) is 19.6 Å². The van der Waals surface area contributed by atoms with Gasteiger partial charge >= 0.3 is 0 Å². The Balaban J connectivity index is 1.88. The Kier molecular flexibility index (Phi) is 7.40. The Hall–Kier alpha value is -1.92. The van der Waals surface area contributed by atoms with Crippen LogP contribution in [0.25, 0.3) is 0 Å². The number of rotatable bonds is 8. The van der Waals surface area contributed by atoms with Crippen molar-refractivity contribution in [2.24, 2.45) is 17.4 Å². The highest BCUT2D eigenvalue weighted by Gasteiger charge is 2.23. The summed E-state index contributed by atoms with van der Waals surface area (Å²) in [6, 6.07) is 7.73. The predicted molar refractivity (Wildman–Crippen MR) is 98.4 cm³/mol. The van der Waals surface area contributed by atoms with Gasteiger partial charge in [-0.05, 0) is 36.9 Å². The molecule has 0 spiro atoms. The smallest absolute Gasteiger partial charge is 0.237 e. The fraction of sp³-hybridized carbons (Fsp3) is 0.579. The summed E-state index contributed by atoms with van der Waals surface area (Å²) in [7, 11) is 0. The Morgan fingerprint density at radius 2 is 2.12 bits per heavy atom. The number of amides is 2. The number of primary amides is 1. The zero-order valence-corrected chi connectivity index (χ0v) is 15.0. The maximum atomic E-state index is 11.9. The molecule has 2 atom stereocenters. The summed E-state index contributed by atoms with van der Waals surface area (Å²) in [6.45, 7) is 4.99. The van der Waals surface area contributed by atoms with Crippen LogP contribution >= 0.6 is 0 Å². The molecule has 6 heteroatoms. The van der Waals surface area contributed by atoms with Crippen molar-refractivity contribution >= 4 is 11.8 Å². The Morgan fingerprint density at radius 1 is 1.36 bits per heavy atom. The van der Waals surface area contributed by atoms with E-state index in [4.69, 9.17) is 11.5 Å². The molecule has 2 rings (SSSR count). The normalized spacial score (nSPS) is 19.4. The van der Waals surface area contributed by atoms with Crippen molar-refractivity contribution < 1.29 is 9.59 Å². The lowest BCUT2D eigenvalue weighted by molar-refractivity contribution is -0.124. The Labute approximate surface area is 149 Å². The standard InChI is InChI=1S/C19H30N4O2/c1-2-5-17(20)19(25)22-11-14-6-3-7-15(10-14)12-23-9-4-8-16(13-23)18(21)24/h3,6-7,10,16-17H,2,4-5,8-9,11-13,20H2,1H3,(H2,21,24)(H,22,25). The zero-order valence-electron chi connectivity index (χ0n) is 15.0. The van der Waals surface area contributed by atoms with Crippen LogP contribution in [0, 0.1) is 5.92 Å². The van der Waals surface area contributed by atoms with Gasteiger partial charge in [-0.2, -0.15) is 0 Å². The molecular weight excluding hydrogens is 316 g/mol. The predicted octanol–water partition coefficient (Wildman–Crippen LogP) is 1.13. The lowest BCUT2D eigenvalue weighted by atomic mass is 9.97. The molecule has 0 saturated carbocycles. The van der Waals surface area contributed by atoms with Gasteiger partial charge in [0.2, 0.25) is 11.8 Å². The largest absolute Gasteiger partial charge is 0.369 e. The second kappa shape index (κ2) is 9.53. The number of piperidine rings is 1. The number of hydrogen-bond acceptors (Lipinski definition) is 4. The van der Waals surface area contributed by atoms with E-state index in [-0.39, 0.29) is 17.7 Å². The monoisotopic (exact) mass is 346 g/mol. The summed E-state index contributed by atoms with van der Waals surface area (Å²) >= 11 is 0. The number of hydrogen-bond donors (Lipinski definition) is 3. The van der Waals surface area contributed by atoms with E-state index in [0.717, 1.165) is 44.5 Å². The van der Waals surface area contributed by atoms with Crippen molar-refractivity contribution in [3.63, 3.8) is 0 Å². The van der Waals surface area contributed by atoms with Gasteiger partial charge in [-0.25, -0.2) is 0 Å². The van der Waals surface area contributed by atoms with Crippen LogP contribution in [-0.2, 0) is 22.7 Å². The number of nitrogens with one attached hydrogen (secondary N) is 1. The summed E-state index contributed by atoms with van der Waals surface area (Å²) in [5.41, 5.74) is 13.5. The summed E-state index contributed by atoms with van der Waals surface area (Å²) in [6.07, 6.45) is 3.47. The quantitative estimate of drug-likeness (QED) is 0.656. The van der Waals surface area contributed by atoms with Gasteiger partial charge < -0.3 is 16.8 Å². The fourth-order valence-corrected chi connectivity index (χ4v) is 3.29. The highest BCUT2D eigenvalue weighted by molar-refractivity contribution is 5.81. The van der Waals surface area contributed by atoms with Crippen LogP contribution in [0.15, 0.2) is 24.3 Å². The van der Waals surface area contributed by atoms with Crippen molar-refractivity contribution in [2.75, 3.05) is 13.1 Å². The molecule has 6 nitrogen and oxygen atoms in total. The van der Waals surface area contributed by atoms with Crippen LogP contribution in [0.4, 0.5) is 0 Å². The number of carbonyl (C=O) groups is 2. The maximum Gasteiger partial charge on any atom is 0.237 e. The van der Waals surface area contributed by atoms with E-state index >= 15 is 0 Å². The van der Waals surface area contributed by atoms with Crippen molar-refractivity contribution in [1.29, 1.82) is 0 Å². The van der Waals surface area contributed by atoms with Gasteiger partial charge in [0.05, 0.1) is 12.0 Å². The SMILES string of the molecule is CCCC(N)C(=O)NCc1cccc(CN2CCCC(C(N)=O)C2)c1. The van der Waals surface area contributed by atoms with Crippen molar-refractivity contribution in [3.8, 4) is 0 Å². The summed E-state index contributed by atoms with van der Waals surface area (Å²) in [5, 5.41) is 2.90. The van der Waals surface area contributed by atoms with Crippen LogP contribution in [0.1, 0.15) is 43.7 Å². The van der Waals surface area contributed by atoms with Gasteiger partial charge in [0.1, 0.15) is 0 Å². The number of nitrogens with two attached hydrogens (primary N) is 2. The highest BCUT2D eigenvalue weighted by Crippen LogP contribution is 2.18. The molecule has 1 aromatic carbocycles. The lowest BCUT2D eigenvalue weighted by Gasteiger charge is -2.31. The molecule has 0 bridgehead atoms. The van der Waals surface area contributed by atoms with E-state index < -0.39 is 6.04 Å². The Bertz CT molecular complexity index is 591. The Morgan fingerprint density at radius 3 is 2.84 bits per heavy atom. The van der Waals surface area contributed by atoms with Crippen LogP contribution < -0.4 is 16.8 Å². The molecule has 2 amide bonds. The third-order valence-corrected chi connectivity index (χ3v) is 4.71.